The molecule has 378 valence electrons. The summed E-state index contributed by atoms with van der Waals surface area (Å²) in [4.78, 5) is 0. The summed E-state index contributed by atoms with van der Waals surface area (Å²) in [5.74, 6) is 3.41. The lowest BCUT2D eigenvalue weighted by atomic mass is 9.78. The van der Waals surface area contributed by atoms with E-state index >= 15 is 0 Å². The molecule has 0 bridgehead atoms. The van der Waals surface area contributed by atoms with Gasteiger partial charge in [-0.25, -0.2) is 0 Å². The fraction of sp³-hybridized carbons (Fsp3) is 0.455. The number of hydrogen-bond donors (Lipinski definition) is 0. The van der Waals surface area contributed by atoms with E-state index in [4.69, 9.17) is 18.9 Å². The molecule has 6 aliphatic heterocycles. The second-order valence-electron chi connectivity index (χ2n) is 27.2. The molecule has 8 heteroatoms. The van der Waals surface area contributed by atoms with E-state index in [0.717, 1.165) is 104 Å². The Kier molecular flexibility index (Phi) is 9.50. The van der Waals surface area contributed by atoms with Crippen LogP contribution in [-0.2, 0) is 21.7 Å². The Morgan fingerprint density at radius 3 is 1.01 bits per heavy atom. The van der Waals surface area contributed by atoms with Crippen molar-refractivity contribution in [1.82, 2.24) is 0 Å². The van der Waals surface area contributed by atoms with Crippen LogP contribution in [0.1, 0.15) is 179 Å². The Hall–Kier alpha value is -6.28. The van der Waals surface area contributed by atoms with Crippen LogP contribution < -0.4 is 18.9 Å². The van der Waals surface area contributed by atoms with Gasteiger partial charge < -0.3 is 18.9 Å². The molecule has 0 radical (unpaired) electrons. The van der Waals surface area contributed by atoms with Crippen LogP contribution in [0.25, 0.3) is 32.7 Å². The third kappa shape index (κ3) is 6.50. The molecule has 6 aromatic carbocycles. The van der Waals surface area contributed by atoms with Gasteiger partial charge in [-0.3, -0.25) is 0 Å². The minimum absolute atomic E-state index is 0.0393. The van der Waals surface area contributed by atoms with E-state index in [0.29, 0.717) is 0 Å². The van der Waals surface area contributed by atoms with Crippen LogP contribution in [0.15, 0.2) is 84.9 Å². The zero-order chi connectivity index (χ0) is 51.2. The number of hydrogen-bond acceptors (Lipinski definition) is 4. The summed E-state index contributed by atoms with van der Waals surface area (Å²) in [6, 6.07) is 30.2. The number of rotatable bonds is 1. The zero-order valence-electron chi connectivity index (χ0n) is 45.8. The van der Waals surface area contributed by atoms with Crippen molar-refractivity contribution >= 4 is 46.4 Å². The molecule has 6 aromatic rings. The molecule has 0 aromatic heterocycles. The predicted octanol–water partition coefficient (Wildman–Crippen LogP) is 13.4. The Balaban J connectivity index is 1.03. The summed E-state index contributed by atoms with van der Waals surface area (Å²) in [6.07, 6.45) is 18.5. The molecule has 14 rings (SSSR count). The molecule has 8 aliphatic rings. The Morgan fingerprint density at radius 1 is 0.378 bits per heavy atom. The van der Waals surface area contributed by atoms with Gasteiger partial charge in [0.25, 0.3) is 0 Å². The molecule has 2 saturated heterocycles. The second kappa shape index (κ2) is 15.2. The van der Waals surface area contributed by atoms with Crippen molar-refractivity contribution in [2.45, 2.75) is 192 Å². The first-order valence-corrected chi connectivity index (χ1v) is 27.9. The van der Waals surface area contributed by atoms with Gasteiger partial charge in [-0.2, -0.15) is 0 Å². The van der Waals surface area contributed by atoms with Crippen LogP contribution in [-0.4, -0.2) is 79.4 Å². The molecule has 2 aliphatic carbocycles. The van der Waals surface area contributed by atoms with Crippen LogP contribution in [0, 0.1) is 0 Å². The average molecular weight is 987 g/mol. The first-order chi connectivity index (χ1) is 35.1. The number of fused-ring (bicyclic) bond motifs is 12. The summed E-state index contributed by atoms with van der Waals surface area (Å²) in [5, 5.41) is 4.49. The van der Waals surface area contributed by atoms with Gasteiger partial charge in [-0.15, -0.1) is 0 Å². The summed E-state index contributed by atoms with van der Waals surface area (Å²) in [7, 11) is 0. The summed E-state index contributed by atoms with van der Waals surface area (Å²) in [6.45, 7) is 27.7. The highest BCUT2D eigenvalue weighted by molar-refractivity contribution is 6.14. The highest BCUT2D eigenvalue weighted by atomic mass is 16.8. The minimum Gasteiger partial charge on any atom is -0.340 e. The normalized spacial score (nSPS) is 26.3. The highest BCUT2D eigenvalue weighted by Crippen LogP contribution is 2.56. The lowest BCUT2D eigenvalue weighted by Gasteiger charge is -2.34. The molecule has 2 spiro atoms. The van der Waals surface area contributed by atoms with E-state index in [1.54, 1.807) is 0 Å². The van der Waals surface area contributed by atoms with Gasteiger partial charge in [-0.1, -0.05) is 162 Å². The Labute approximate surface area is 437 Å². The summed E-state index contributed by atoms with van der Waals surface area (Å²) >= 11 is 0. The molecule has 6 atom stereocenters. The van der Waals surface area contributed by atoms with Gasteiger partial charge in [0.1, 0.15) is 0 Å². The first-order valence-electron chi connectivity index (χ1n) is 27.9. The van der Waals surface area contributed by atoms with Gasteiger partial charge in [0.2, 0.25) is 24.2 Å². The smallest absolute Gasteiger partial charge is 0.340 e. The molecule has 2 saturated carbocycles. The van der Waals surface area contributed by atoms with Crippen molar-refractivity contribution in [2.24, 2.45) is 0 Å². The van der Waals surface area contributed by atoms with Crippen molar-refractivity contribution < 1.29 is 37.2 Å². The van der Waals surface area contributed by atoms with Gasteiger partial charge in [0, 0.05) is 47.9 Å². The van der Waals surface area contributed by atoms with E-state index < -0.39 is 12.1 Å². The van der Waals surface area contributed by atoms with Crippen molar-refractivity contribution in [3.05, 3.63) is 129 Å². The molecule has 6 heterocycles. The van der Waals surface area contributed by atoms with Crippen molar-refractivity contribution in [3.8, 4) is 34.1 Å². The fourth-order valence-corrected chi connectivity index (χ4v) is 14.2. The van der Waals surface area contributed by atoms with E-state index in [2.05, 4.69) is 211 Å². The van der Waals surface area contributed by atoms with Crippen molar-refractivity contribution in [2.75, 3.05) is 0 Å². The van der Waals surface area contributed by atoms with Crippen molar-refractivity contribution in [3.63, 3.8) is 0 Å². The fourth-order valence-electron chi connectivity index (χ4n) is 14.2. The van der Waals surface area contributed by atoms with E-state index in [-0.39, 0.29) is 45.8 Å². The lowest BCUT2D eigenvalue weighted by Crippen LogP contribution is -2.60. The van der Waals surface area contributed by atoms with E-state index in [1.807, 2.05) is 0 Å². The number of ether oxygens (including phenoxy) is 4. The standard InChI is InChI=1S/C66H74N4O4/c1-61(2,3)45-31-43-37-69-53-27-19-17-25-51(53)67-35-41-29-39-21-13-15-23-47(39)55(59(41)73-65(67,69)71-57(43)49(33-45)63(7,8)9)56-48-24-16-14-22-40(48)30-42-36-68-52-26-18-20-28-54(52)70-38-44-32-46(62(4,5)6)34-50(64(10,11)12)58(44)72-66(68,70)74-60(42)56/h13-16,21-24,29-38,51-54H,17-20,25-28H2,1-12H3/q+4. The third-order valence-electron chi connectivity index (χ3n) is 18.1. The quantitative estimate of drug-likeness (QED) is 0.154. The highest BCUT2D eigenvalue weighted by Gasteiger charge is 2.78. The molecule has 6 unspecified atom stereocenters. The van der Waals surface area contributed by atoms with Crippen LogP contribution in [0.3, 0.4) is 0 Å². The summed E-state index contributed by atoms with van der Waals surface area (Å²) in [5.41, 5.74) is 10.9. The van der Waals surface area contributed by atoms with Crippen molar-refractivity contribution in [1.29, 1.82) is 0 Å². The van der Waals surface area contributed by atoms with Crippen LogP contribution in [0.5, 0.6) is 23.0 Å². The predicted molar refractivity (Wildman–Crippen MR) is 296 cm³/mol. The molecule has 8 nitrogen and oxygen atoms in total. The summed E-state index contributed by atoms with van der Waals surface area (Å²) < 4.78 is 41.5. The monoisotopic (exact) mass is 987 g/mol. The van der Waals surface area contributed by atoms with E-state index in [1.165, 1.54) is 47.9 Å². The molecule has 0 N–H and O–H groups in total. The number of nitrogens with zero attached hydrogens (tertiary/aromatic N) is 4. The van der Waals surface area contributed by atoms with E-state index in [9.17, 15) is 0 Å². The maximum atomic E-state index is 8.05. The van der Waals surface area contributed by atoms with Crippen LogP contribution >= 0.6 is 0 Å². The average Bonchev–Trinajstić information content (AvgIpc) is 3.78. The number of benzene rings is 6. The van der Waals surface area contributed by atoms with Crippen LogP contribution in [0.2, 0.25) is 0 Å². The molecule has 74 heavy (non-hydrogen) atoms. The third-order valence-corrected chi connectivity index (χ3v) is 18.1. The SMILES string of the molecule is CC(C)(C)c1cc2c(c(C(C)(C)C)c1)OC13Oc4c(cc5ccccc5c4-c4c5c(cc6ccccc46)C=[N+]4C6CCCCC6[N+]6=Cc7cc(C(C)(C)C)cc(C(C)(C)C)c7OC64O5)C=[N+]1C1CCCCC1[N+]3=C2. The lowest BCUT2D eigenvalue weighted by molar-refractivity contribution is -0.866. The van der Waals surface area contributed by atoms with Gasteiger partial charge >= 0.3 is 12.1 Å². The zero-order valence-corrected chi connectivity index (χ0v) is 45.8. The van der Waals surface area contributed by atoms with Gasteiger partial charge in [0.05, 0.1) is 22.3 Å². The maximum Gasteiger partial charge on any atom is 0.704 e. The largest absolute Gasteiger partial charge is 0.704 e. The Bertz CT molecular complexity index is 3370. The van der Waals surface area contributed by atoms with Crippen LogP contribution in [0.4, 0.5) is 0 Å². The maximum absolute atomic E-state index is 8.05. The van der Waals surface area contributed by atoms with Gasteiger partial charge in [0.15, 0.2) is 47.9 Å². The molecule has 0 amide bonds. The van der Waals surface area contributed by atoms with Gasteiger partial charge in [-0.05, 0) is 104 Å². The molecular formula is C66H74N4O4+4. The Morgan fingerprint density at radius 2 is 0.689 bits per heavy atom. The first kappa shape index (κ1) is 46.3. The minimum atomic E-state index is -1.26. The molecular weight excluding hydrogens is 913 g/mol. The topological polar surface area (TPSA) is 49.0 Å². The molecule has 4 fully saturated rings. The second-order valence-corrected chi connectivity index (χ2v) is 27.2.